The number of piperidine rings is 1. The lowest BCUT2D eigenvalue weighted by Crippen LogP contribution is -2.47. The van der Waals surface area contributed by atoms with E-state index in [0.717, 1.165) is 24.2 Å². The first-order valence-electron chi connectivity index (χ1n) is 9.83. The smallest absolute Gasteiger partial charge is 0.321 e. The van der Waals surface area contributed by atoms with Crippen LogP contribution in [0.15, 0.2) is 54.7 Å². The summed E-state index contributed by atoms with van der Waals surface area (Å²) in [7, 11) is 0. The Morgan fingerprint density at radius 1 is 1.10 bits per heavy atom. The number of benzene rings is 1. The normalized spacial score (nSPS) is 17.7. The second kappa shape index (κ2) is 8.30. The van der Waals surface area contributed by atoms with E-state index in [1.165, 1.54) is 0 Å². The number of carbonyl (C=O) groups is 2. The number of pyridine rings is 1. The molecule has 0 radical (unpaired) electrons. The topological polar surface area (TPSA) is 91.6 Å². The van der Waals surface area contributed by atoms with Crippen LogP contribution in [0.4, 0.5) is 10.5 Å². The Hall–Kier alpha value is -3.42. The largest absolute Gasteiger partial charge is 0.346 e. The predicted octanol–water partition coefficient (Wildman–Crippen LogP) is 2.85. The molecule has 3 heterocycles. The molecule has 0 unspecified atom stereocenters. The summed E-state index contributed by atoms with van der Waals surface area (Å²) < 4.78 is 1.87. The van der Waals surface area contributed by atoms with Crippen LogP contribution in [-0.2, 0) is 4.79 Å². The van der Waals surface area contributed by atoms with E-state index in [0.29, 0.717) is 18.9 Å². The first-order chi connectivity index (χ1) is 14.1. The van der Waals surface area contributed by atoms with Crippen molar-refractivity contribution in [1.82, 2.24) is 24.8 Å². The Morgan fingerprint density at radius 3 is 2.72 bits per heavy atom. The molecule has 0 spiro atoms. The summed E-state index contributed by atoms with van der Waals surface area (Å²) in [5.41, 5.74) is 1.49. The van der Waals surface area contributed by atoms with Crippen molar-refractivity contribution in [1.29, 1.82) is 0 Å². The lowest BCUT2D eigenvalue weighted by atomic mass is 9.97. The van der Waals surface area contributed by atoms with Gasteiger partial charge in [0.05, 0.1) is 12.0 Å². The maximum Gasteiger partial charge on any atom is 0.321 e. The third-order valence-corrected chi connectivity index (χ3v) is 5.19. The molecular weight excluding hydrogens is 368 g/mol. The molecule has 3 aromatic rings. The fourth-order valence-corrected chi connectivity index (χ4v) is 3.65. The number of nitrogens with zero attached hydrogens (tertiary/aromatic N) is 4. The Labute approximate surface area is 168 Å². The van der Waals surface area contributed by atoms with Crippen molar-refractivity contribution in [2.75, 3.05) is 18.4 Å². The summed E-state index contributed by atoms with van der Waals surface area (Å²) in [5, 5.41) is 14.3. The van der Waals surface area contributed by atoms with Crippen LogP contribution in [-0.4, -0.2) is 44.5 Å². The van der Waals surface area contributed by atoms with Crippen molar-refractivity contribution in [2.24, 2.45) is 5.92 Å². The quantitative estimate of drug-likeness (QED) is 0.714. The molecule has 2 aromatic heterocycles. The van der Waals surface area contributed by atoms with Crippen molar-refractivity contribution < 1.29 is 9.59 Å². The van der Waals surface area contributed by atoms with Crippen molar-refractivity contribution in [3.05, 3.63) is 60.6 Å². The van der Waals surface area contributed by atoms with Gasteiger partial charge in [0.15, 0.2) is 11.5 Å². The van der Waals surface area contributed by atoms with Crippen LogP contribution in [0.5, 0.6) is 0 Å². The van der Waals surface area contributed by atoms with Crippen LogP contribution in [0.1, 0.15) is 31.6 Å². The van der Waals surface area contributed by atoms with Crippen molar-refractivity contribution >= 4 is 23.3 Å². The zero-order valence-electron chi connectivity index (χ0n) is 16.3. The summed E-state index contributed by atoms with van der Waals surface area (Å²) in [6.45, 7) is 2.94. The molecule has 29 heavy (non-hydrogen) atoms. The lowest BCUT2D eigenvalue weighted by Gasteiger charge is -2.32. The molecule has 1 fully saturated rings. The van der Waals surface area contributed by atoms with Gasteiger partial charge in [0, 0.05) is 25.0 Å². The second-order valence-electron chi connectivity index (χ2n) is 7.30. The minimum absolute atomic E-state index is 0.0672. The van der Waals surface area contributed by atoms with E-state index in [-0.39, 0.29) is 23.9 Å². The van der Waals surface area contributed by atoms with Gasteiger partial charge >= 0.3 is 6.03 Å². The second-order valence-corrected chi connectivity index (χ2v) is 7.30. The van der Waals surface area contributed by atoms with Gasteiger partial charge in [-0.15, -0.1) is 10.2 Å². The van der Waals surface area contributed by atoms with E-state index in [2.05, 4.69) is 20.8 Å². The summed E-state index contributed by atoms with van der Waals surface area (Å²) in [6, 6.07) is 14.5. The van der Waals surface area contributed by atoms with E-state index < -0.39 is 0 Å². The number of rotatable bonds is 4. The minimum Gasteiger partial charge on any atom is -0.346 e. The number of nitrogens with one attached hydrogen (secondary N) is 2. The highest BCUT2D eigenvalue weighted by atomic mass is 16.2. The fraction of sp³-hybridized carbons (Fsp3) is 0.333. The van der Waals surface area contributed by atoms with Gasteiger partial charge in [0.1, 0.15) is 0 Å². The highest BCUT2D eigenvalue weighted by Crippen LogP contribution is 2.20. The molecular formula is C21H24N6O2. The molecule has 1 saturated heterocycles. The number of hydrogen-bond donors (Lipinski definition) is 2. The third-order valence-electron chi connectivity index (χ3n) is 5.19. The highest BCUT2D eigenvalue weighted by Gasteiger charge is 2.29. The average molecular weight is 392 g/mol. The van der Waals surface area contributed by atoms with Gasteiger partial charge in [-0.2, -0.15) is 0 Å². The van der Waals surface area contributed by atoms with Gasteiger partial charge in [-0.05, 0) is 44.0 Å². The summed E-state index contributed by atoms with van der Waals surface area (Å²) in [6.07, 6.45) is 3.43. The average Bonchev–Trinajstić information content (AvgIpc) is 3.19. The summed E-state index contributed by atoms with van der Waals surface area (Å²) in [5.74, 6) is 0.373. The molecule has 0 aliphatic carbocycles. The lowest BCUT2D eigenvalue weighted by molar-refractivity contribution is -0.127. The zero-order chi connectivity index (χ0) is 20.2. The van der Waals surface area contributed by atoms with Gasteiger partial charge in [0.2, 0.25) is 5.91 Å². The first kappa shape index (κ1) is 18.9. The highest BCUT2D eigenvalue weighted by molar-refractivity contribution is 5.90. The first-order valence-corrected chi connectivity index (χ1v) is 9.83. The number of para-hydroxylation sites is 1. The molecule has 1 aliphatic heterocycles. The standard InChI is InChI=1S/C21H24N6O2/c1-15(19-25-24-18-11-5-6-13-27(18)19)22-20(28)16-8-7-12-26(14-16)21(29)23-17-9-3-2-4-10-17/h2-6,9-11,13,15-16H,7-8,12,14H2,1H3,(H,22,28)(H,23,29)/t15-,16-/m1/s1. The zero-order valence-corrected chi connectivity index (χ0v) is 16.3. The monoisotopic (exact) mass is 392 g/mol. The van der Waals surface area contributed by atoms with Crippen LogP contribution in [0, 0.1) is 5.92 Å². The van der Waals surface area contributed by atoms with Crippen LogP contribution >= 0.6 is 0 Å². The summed E-state index contributed by atoms with van der Waals surface area (Å²) >= 11 is 0. The van der Waals surface area contributed by atoms with Crippen molar-refractivity contribution in [3.63, 3.8) is 0 Å². The molecule has 1 aliphatic rings. The Kier molecular flexibility index (Phi) is 5.41. The molecule has 1 aromatic carbocycles. The van der Waals surface area contributed by atoms with Crippen LogP contribution in [0.2, 0.25) is 0 Å². The summed E-state index contributed by atoms with van der Waals surface area (Å²) in [4.78, 5) is 27.1. The maximum absolute atomic E-state index is 12.8. The van der Waals surface area contributed by atoms with Gasteiger partial charge in [-0.25, -0.2) is 4.79 Å². The Bertz CT molecular complexity index is 1000. The Balaban J connectivity index is 1.37. The molecule has 2 N–H and O–H groups in total. The molecule has 0 saturated carbocycles. The Morgan fingerprint density at radius 2 is 1.90 bits per heavy atom. The number of carbonyl (C=O) groups excluding carboxylic acids is 2. The number of anilines is 1. The number of hydrogen-bond acceptors (Lipinski definition) is 4. The predicted molar refractivity (Wildman–Crippen MR) is 109 cm³/mol. The van der Waals surface area contributed by atoms with Gasteiger partial charge < -0.3 is 15.5 Å². The number of amides is 3. The van der Waals surface area contributed by atoms with Crippen LogP contribution < -0.4 is 10.6 Å². The van der Waals surface area contributed by atoms with E-state index >= 15 is 0 Å². The maximum atomic E-state index is 12.8. The molecule has 2 atom stereocenters. The SMILES string of the molecule is C[C@@H](NC(=O)[C@@H]1CCCN(C(=O)Nc2ccccc2)C1)c1nnc2ccccn12. The molecule has 3 amide bonds. The van der Waals surface area contributed by atoms with E-state index in [4.69, 9.17) is 0 Å². The molecule has 0 bridgehead atoms. The molecule has 8 nitrogen and oxygen atoms in total. The number of aromatic nitrogens is 3. The van der Waals surface area contributed by atoms with Gasteiger partial charge in [0.25, 0.3) is 0 Å². The third kappa shape index (κ3) is 4.21. The van der Waals surface area contributed by atoms with E-state index in [1.807, 2.05) is 66.1 Å². The van der Waals surface area contributed by atoms with E-state index in [1.54, 1.807) is 4.90 Å². The molecule has 150 valence electrons. The number of likely N-dealkylation sites (tertiary alicyclic amines) is 1. The van der Waals surface area contributed by atoms with Crippen molar-refractivity contribution in [2.45, 2.75) is 25.8 Å². The molecule has 4 rings (SSSR count). The van der Waals surface area contributed by atoms with Gasteiger partial charge in [-0.3, -0.25) is 9.20 Å². The van der Waals surface area contributed by atoms with Gasteiger partial charge in [-0.1, -0.05) is 24.3 Å². The number of fused-ring (bicyclic) bond motifs is 1. The van der Waals surface area contributed by atoms with Crippen LogP contribution in [0.25, 0.3) is 5.65 Å². The minimum atomic E-state index is -0.284. The molecule has 8 heteroatoms. The fourth-order valence-electron chi connectivity index (χ4n) is 3.65. The van der Waals surface area contributed by atoms with E-state index in [9.17, 15) is 9.59 Å². The van der Waals surface area contributed by atoms with Crippen LogP contribution in [0.3, 0.4) is 0 Å². The van der Waals surface area contributed by atoms with Crippen molar-refractivity contribution in [3.8, 4) is 0 Å². The number of urea groups is 1.